The van der Waals surface area contributed by atoms with Crippen LogP contribution in [-0.4, -0.2) is 36.7 Å². The van der Waals surface area contributed by atoms with Crippen LogP contribution in [0.5, 0.6) is 0 Å². The quantitative estimate of drug-likeness (QED) is 0.484. The molecule has 10 heavy (non-hydrogen) atoms. The van der Waals surface area contributed by atoms with Gasteiger partial charge in [0.1, 0.15) is 0 Å². The number of nitrogens with one attached hydrogen (secondary N) is 1. The van der Waals surface area contributed by atoms with Gasteiger partial charge in [-0.25, -0.2) is 0 Å². The summed E-state index contributed by atoms with van der Waals surface area (Å²) < 4.78 is 0. The number of rotatable bonds is 0. The first-order valence-electron chi connectivity index (χ1n) is 3.75. The highest BCUT2D eigenvalue weighted by molar-refractivity contribution is 4.92. The Morgan fingerprint density at radius 2 is 2.20 bits per heavy atom. The normalized spacial score (nSPS) is 34.2. The van der Waals surface area contributed by atoms with Gasteiger partial charge in [0.05, 0.1) is 6.17 Å². The van der Waals surface area contributed by atoms with E-state index in [9.17, 15) is 0 Å². The Kier molecular flexibility index (Phi) is 1.99. The molecule has 0 aromatic rings. The van der Waals surface area contributed by atoms with Crippen molar-refractivity contribution in [3.05, 3.63) is 0 Å². The predicted molar refractivity (Wildman–Crippen MR) is 42.7 cm³/mol. The van der Waals surface area contributed by atoms with Crippen LogP contribution in [0.2, 0.25) is 0 Å². The zero-order chi connectivity index (χ0) is 7.78. The van der Waals surface area contributed by atoms with Gasteiger partial charge in [0.25, 0.3) is 0 Å². The van der Waals surface area contributed by atoms with Crippen molar-refractivity contribution in [2.24, 2.45) is 5.73 Å². The zero-order valence-electron chi connectivity index (χ0n) is 7.02. The van der Waals surface area contributed by atoms with Crippen molar-refractivity contribution in [1.82, 2.24) is 10.2 Å². The van der Waals surface area contributed by atoms with E-state index in [-0.39, 0.29) is 11.7 Å². The summed E-state index contributed by atoms with van der Waals surface area (Å²) in [5.41, 5.74) is 5.95. The molecule has 1 rings (SSSR count). The van der Waals surface area contributed by atoms with E-state index >= 15 is 0 Å². The molecule has 60 valence electrons. The Hall–Kier alpha value is -0.120. The fourth-order valence-corrected chi connectivity index (χ4v) is 1.16. The lowest BCUT2D eigenvalue weighted by Crippen LogP contribution is -2.66. The second-order valence-corrected chi connectivity index (χ2v) is 3.51. The topological polar surface area (TPSA) is 41.3 Å². The van der Waals surface area contributed by atoms with Crippen LogP contribution in [-0.2, 0) is 0 Å². The minimum atomic E-state index is 0.0955. The summed E-state index contributed by atoms with van der Waals surface area (Å²) in [5, 5.41) is 3.24. The molecule has 1 atom stereocenters. The van der Waals surface area contributed by atoms with Gasteiger partial charge in [-0.2, -0.15) is 0 Å². The smallest absolute Gasteiger partial charge is 0.0731 e. The molecule has 0 radical (unpaired) electrons. The highest BCUT2D eigenvalue weighted by atomic mass is 15.3. The van der Waals surface area contributed by atoms with Gasteiger partial charge in [0, 0.05) is 18.6 Å². The number of nitrogens with zero attached hydrogens (tertiary/aromatic N) is 1. The minimum Gasteiger partial charge on any atom is -0.314 e. The standard InChI is InChI=1S/C7H17N3/c1-7(2)6(8)9-4-5-10(7)3/h6,9H,4-5,8H2,1-3H3. The summed E-state index contributed by atoms with van der Waals surface area (Å²) in [7, 11) is 2.11. The molecule has 1 heterocycles. The SMILES string of the molecule is CN1CCNC(N)C1(C)C. The third-order valence-electron chi connectivity index (χ3n) is 2.56. The van der Waals surface area contributed by atoms with Gasteiger partial charge < -0.3 is 5.73 Å². The van der Waals surface area contributed by atoms with E-state index in [0.717, 1.165) is 13.1 Å². The molecule has 0 aliphatic carbocycles. The van der Waals surface area contributed by atoms with Crippen LogP contribution < -0.4 is 11.1 Å². The molecule has 3 nitrogen and oxygen atoms in total. The van der Waals surface area contributed by atoms with Crippen LogP contribution in [0.15, 0.2) is 0 Å². The maximum Gasteiger partial charge on any atom is 0.0731 e. The lowest BCUT2D eigenvalue weighted by atomic mass is 9.97. The fraction of sp³-hybridized carbons (Fsp3) is 1.00. The Labute approximate surface area is 62.6 Å². The van der Waals surface area contributed by atoms with Crippen LogP contribution in [0.4, 0.5) is 0 Å². The van der Waals surface area contributed by atoms with Gasteiger partial charge in [-0.15, -0.1) is 0 Å². The molecule has 3 heteroatoms. The lowest BCUT2D eigenvalue weighted by molar-refractivity contribution is 0.0769. The van der Waals surface area contributed by atoms with Gasteiger partial charge in [-0.1, -0.05) is 0 Å². The fourth-order valence-electron chi connectivity index (χ4n) is 1.16. The summed E-state index contributed by atoms with van der Waals surface area (Å²) in [6.07, 6.45) is 0.103. The van der Waals surface area contributed by atoms with Crippen molar-refractivity contribution >= 4 is 0 Å². The molecule has 0 saturated carbocycles. The number of likely N-dealkylation sites (N-methyl/N-ethyl adjacent to an activating group) is 1. The molecule has 1 fully saturated rings. The molecule has 0 aromatic carbocycles. The van der Waals surface area contributed by atoms with Crippen molar-refractivity contribution in [2.75, 3.05) is 20.1 Å². The molecule has 0 aromatic heterocycles. The predicted octanol–water partition coefficient (Wildman–Crippen LogP) is -0.415. The highest BCUT2D eigenvalue weighted by Gasteiger charge is 2.33. The van der Waals surface area contributed by atoms with E-state index in [4.69, 9.17) is 5.73 Å². The zero-order valence-corrected chi connectivity index (χ0v) is 7.02. The number of piperazine rings is 1. The van der Waals surface area contributed by atoms with Gasteiger partial charge in [-0.3, -0.25) is 10.2 Å². The molecule has 1 aliphatic heterocycles. The largest absolute Gasteiger partial charge is 0.314 e. The molecular formula is C7H17N3. The Bertz CT molecular complexity index is 110. The van der Waals surface area contributed by atoms with Crippen LogP contribution in [0, 0.1) is 0 Å². The average Bonchev–Trinajstić information content (AvgIpc) is 1.84. The van der Waals surface area contributed by atoms with Crippen LogP contribution in [0.25, 0.3) is 0 Å². The number of nitrogens with two attached hydrogens (primary N) is 1. The monoisotopic (exact) mass is 143 g/mol. The second kappa shape index (κ2) is 2.49. The maximum absolute atomic E-state index is 5.85. The molecule has 1 saturated heterocycles. The van der Waals surface area contributed by atoms with Gasteiger partial charge in [-0.05, 0) is 20.9 Å². The highest BCUT2D eigenvalue weighted by Crippen LogP contribution is 2.16. The summed E-state index contributed by atoms with van der Waals surface area (Å²) in [6.45, 7) is 6.40. The second-order valence-electron chi connectivity index (χ2n) is 3.51. The van der Waals surface area contributed by atoms with Crippen LogP contribution in [0.1, 0.15) is 13.8 Å². The molecular weight excluding hydrogens is 126 g/mol. The summed E-state index contributed by atoms with van der Waals surface area (Å²) in [4.78, 5) is 2.29. The minimum absolute atomic E-state index is 0.0955. The van der Waals surface area contributed by atoms with Gasteiger partial charge in [0.15, 0.2) is 0 Å². The van der Waals surface area contributed by atoms with Gasteiger partial charge in [0.2, 0.25) is 0 Å². The van der Waals surface area contributed by atoms with Crippen molar-refractivity contribution in [1.29, 1.82) is 0 Å². The first-order chi connectivity index (χ1) is 4.55. The molecule has 0 spiro atoms. The van der Waals surface area contributed by atoms with Crippen molar-refractivity contribution in [2.45, 2.75) is 25.6 Å². The van der Waals surface area contributed by atoms with E-state index in [1.165, 1.54) is 0 Å². The molecule has 0 amide bonds. The number of hydrogen-bond donors (Lipinski definition) is 2. The van der Waals surface area contributed by atoms with Crippen LogP contribution >= 0.6 is 0 Å². The molecule has 3 N–H and O–H groups in total. The Morgan fingerprint density at radius 3 is 2.60 bits per heavy atom. The van der Waals surface area contributed by atoms with Gasteiger partial charge >= 0.3 is 0 Å². The lowest BCUT2D eigenvalue weighted by Gasteiger charge is -2.44. The summed E-state index contributed by atoms with van der Waals surface area (Å²) >= 11 is 0. The van der Waals surface area contributed by atoms with E-state index < -0.39 is 0 Å². The summed E-state index contributed by atoms with van der Waals surface area (Å²) in [5.74, 6) is 0. The third-order valence-corrected chi connectivity index (χ3v) is 2.56. The first-order valence-corrected chi connectivity index (χ1v) is 3.75. The van der Waals surface area contributed by atoms with Crippen molar-refractivity contribution in [3.63, 3.8) is 0 Å². The average molecular weight is 143 g/mol. The molecule has 1 aliphatic rings. The van der Waals surface area contributed by atoms with Crippen molar-refractivity contribution in [3.8, 4) is 0 Å². The van der Waals surface area contributed by atoms with Crippen molar-refractivity contribution < 1.29 is 0 Å². The number of hydrogen-bond acceptors (Lipinski definition) is 3. The van der Waals surface area contributed by atoms with E-state index in [0.29, 0.717) is 0 Å². The van der Waals surface area contributed by atoms with E-state index in [1.54, 1.807) is 0 Å². The first kappa shape index (κ1) is 7.98. The Balaban J connectivity index is 2.63. The van der Waals surface area contributed by atoms with Crippen LogP contribution in [0.3, 0.4) is 0 Å². The molecule has 1 unspecified atom stereocenters. The third kappa shape index (κ3) is 1.17. The summed E-state index contributed by atoms with van der Waals surface area (Å²) in [6, 6.07) is 0. The molecule has 0 bridgehead atoms. The maximum atomic E-state index is 5.85. The van der Waals surface area contributed by atoms with E-state index in [1.807, 2.05) is 0 Å². The van der Waals surface area contributed by atoms with E-state index in [2.05, 4.69) is 31.1 Å². The Morgan fingerprint density at radius 1 is 1.60 bits per heavy atom.